The molecular weight excluding hydrogens is 380 g/mol. The summed E-state index contributed by atoms with van der Waals surface area (Å²) < 4.78 is 11.3. The van der Waals surface area contributed by atoms with Crippen LogP contribution in [0.25, 0.3) is 10.6 Å². The van der Waals surface area contributed by atoms with Crippen LogP contribution in [-0.4, -0.2) is 35.5 Å². The molecule has 0 radical (unpaired) electrons. The van der Waals surface area contributed by atoms with E-state index in [1.807, 2.05) is 39.9 Å². The highest BCUT2D eigenvalue weighted by atomic mass is 32.1. The van der Waals surface area contributed by atoms with Crippen LogP contribution in [0.5, 0.6) is 11.5 Å². The Bertz CT molecular complexity index is 968. The number of aromatic nitrogens is 1. The molecule has 0 spiro atoms. The Morgan fingerprint density at radius 1 is 1.15 bits per heavy atom. The lowest BCUT2D eigenvalue weighted by Gasteiger charge is -2.26. The van der Waals surface area contributed by atoms with Crippen molar-refractivity contribution in [1.82, 2.24) is 9.88 Å². The number of hydrogen-bond donors (Lipinski definition) is 0. The molecular formula is C20H18N2O3S2. The van der Waals surface area contributed by atoms with Crippen LogP contribution in [0.15, 0.2) is 40.4 Å². The Morgan fingerprint density at radius 3 is 2.89 bits per heavy atom. The predicted octanol–water partition coefficient (Wildman–Crippen LogP) is 4.62. The number of likely N-dealkylation sites (tertiary alicyclic amines) is 1. The fourth-order valence-corrected chi connectivity index (χ4v) is 5.17. The lowest BCUT2D eigenvalue weighted by molar-refractivity contribution is 0.0730. The van der Waals surface area contributed by atoms with Gasteiger partial charge in [-0.1, -0.05) is 6.07 Å². The maximum atomic E-state index is 13.1. The van der Waals surface area contributed by atoms with E-state index in [-0.39, 0.29) is 11.9 Å². The topological polar surface area (TPSA) is 51.7 Å². The number of hydrogen-bond acceptors (Lipinski definition) is 6. The zero-order valence-corrected chi connectivity index (χ0v) is 16.2. The van der Waals surface area contributed by atoms with Gasteiger partial charge in [0.2, 0.25) is 0 Å². The average Bonchev–Trinajstić information content (AvgIpc) is 3.48. The number of benzene rings is 1. The number of rotatable bonds is 3. The summed E-state index contributed by atoms with van der Waals surface area (Å²) in [4.78, 5) is 19.6. The molecule has 0 saturated carbocycles. The molecule has 0 N–H and O–H groups in total. The first-order valence-electron chi connectivity index (χ1n) is 8.98. The van der Waals surface area contributed by atoms with Crippen molar-refractivity contribution in [2.45, 2.75) is 18.9 Å². The van der Waals surface area contributed by atoms with Crippen molar-refractivity contribution in [1.29, 1.82) is 0 Å². The van der Waals surface area contributed by atoms with Gasteiger partial charge < -0.3 is 14.4 Å². The molecule has 5 nitrogen and oxygen atoms in total. The molecule has 0 bridgehead atoms. The molecule has 2 aliphatic heterocycles. The summed E-state index contributed by atoms with van der Waals surface area (Å²) in [5.41, 5.74) is 2.71. The Labute approximate surface area is 165 Å². The molecule has 5 rings (SSSR count). The van der Waals surface area contributed by atoms with E-state index in [2.05, 4.69) is 10.4 Å². The van der Waals surface area contributed by atoms with Crippen LogP contribution in [0.4, 0.5) is 0 Å². The van der Waals surface area contributed by atoms with Crippen molar-refractivity contribution >= 4 is 28.6 Å². The molecule has 4 heterocycles. The summed E-state index contributed by atoms with van der Waals surface area (Å²) >= 11 is 3.16. The van der Waals surface area contributed by atoms with Crippen molar-refractivity contribution in [3.05, 3.63) is 51.7 Å². The quantitative estimate of drug-likeness (QED) is 0.646. The van der Waals surface area contributed by atoms with Crippen LogP contribution in [0.2, 0.25) is 0 Å². The number of ether oxygens (including phenoxy) is 2. The zero-order chi connectivity index (χ0) is 18.2. The van der Waals surface area contributed by atoms with E-state index in [1.165, 1.54) is 11.3 Å². The minimum Gasteiger partial charge on any atom is -0.486 e. The number of fused-ring (bicyclic) bond motifs is 1. The molecule has 1 amide bonds. The van der Waals surface area contributed by atoms with Gasteiger partial charge in [0.25, 0.3) is 5.91 Å². The normalized spacial score (nSPS) is 18.7. The number of thiazole rings is 1. The van der Waals surface area contributed by atoms with E-state index < -0.39 is 0 Å². The molecule has 1 fully saturated rings. The molecule has 1 saturated heterocycles. The highest BCUT2D eigenvalue weighted by Crippen LogP contribution is 2.39. The van der Waals surface area contributed by atoms with Crippen molar-refractivity contribution < 1.29 is 14.3 Å². The largest absolute Gasteiger partial charge is 0.486 e. The van der Waals surface area contributed by atoms with E-state index in [1.54, 1.807) is 11.3 Å². The number of carbonyl (C=O) groups excluding carboxylic acids is 1. The fourth-order valence-electron chi connectivity index (χ4n) is 3.66. The molecule has 2 aromatic heterocycles. The molecule has 27 heavy (non-hydrogen) atoms. The van der Waals surface area contributed by atoms with Crippen molar-refractivity contribution in [3.8, 4) is 22.1 Å². The molecule has 2 aliphatic rings. The first-order valence-corrected chi connectivity index (χ1v) is 10.8. The van der Waals surface area contributed by atoms with Crippen molar-refractivity contribution in [3.63, 3.8) is 0 Å². The Balaban J connectivity index is 1.40. The lowest BCUT2D eigenvalue weighted by atomic mass is 10.0. The number of thiophene rings is 1. The monoisotopic (exact) mass is 398 g/mol. The Kier molecular flexibility index (Phi) is 4.33. The summed E-state index contributed by atoms with van der Waals surface area (Å²) in [6.07, 6.45) is 1.94. The SMILES string of the molecule is O=C(c1csc(-c2ccsc2)n1)N1CCC[C@@H]1c1ccc2c(c1)OCCO2. The van der Waals surface area contributed by atoms with Crippen LogP contribution in [0.3, 0.4) is 0 Å². The van der Waals surface area contributed by atoms with Gasteiger partial charge in [0.1, 0.15) is 23.9 Å². The molecule has 3 aromatic rings. The van der Waals surface area contributed by atoms with Crippen molar-refractivity contribution in [2.75, 3.05) is 19.8 Å². The third-order valence-electron chi connectivity index (χ3n) is 4.96. The van der Waals surface area contributed by atoms with Crippen LogP contribution < -0.4 is 9.47 Å². The summed E-state index contributed by atoms with van der Waals surface area (Å²) in [7, 11) is 0. The second-order valence-corrected chi connectivity index (χ2v) is 8.25. The maximum Gasteiger partial charge on any atom is 0.273 e. The van der Waals surface area contributed by atoms with Gasteiger partial charge >= 0.3 is 0 Å². The van der Waals surface area contributed by atoms with Crippen LogP contribution in [-0.2, 0) is 0 Å². The van der Waals surface area contributed by atoms with Crippen molar-refractivity contribution in [2.24, 2.45) is 0 Å². The van der Waals surface area contributed by atoms with Gasteiger partial charge in [-0.15, -0.1) is 11.3 Å². The van der Waals surface area contributed by atoms with Crippen LogP contribution in [0, 0.1) is 0 Å². The summed E-state index contributed by atoms with van der Waals surface area (Å²) in [5, 5.41) is 6.85. The molecule has 138 valence electrons. The third-order valence-corrected chi connectivity index (χ3v) is 6.53. The van der Waals surface area contributed by atoms with E-state index in [9.17, 15) is 4.79 Å². The predicted molar refractivity (Wildman–Crippen MR) is 106 cm³/mol. The van der Waals surface area contributed by atoms with Crippen LogP contribution in [0.1, 0.15) is 34.9 Å². The molecule has 0 aliphatic carbocycles. The highest BCUT2D eigenvalue weighted by Gasteiger charge is 2.32. The van der Waals surface area contributed by atoms with Crippen LogP contribution >= 0.6 is 22.7 Å². The van der Waals surface area contributed by atoms with Gasteiger partial charge in [-0.2, -0.15) is 11.3 Å². The summed E-state index contributed by atoms with van der Waals surface area (Å²) in [6, 6.07) is 8.10. The summed E-state index contributed by atoms with van der Waals surface area (Å²) in [6.45, 7) is 1.90. The number of carbonyl (C=O) groups is 1. The number of nitrogens with zero attached hydrogens (tertiary/aromatic N) is 2. The average molecular weight is 399 g/mol. The minimum absolute atomic E-state index is 0.00474. The molecule has 7 heteroatoms. The van der Waals surface area contributed by atoms with Gasteiger partial charge in [-0.25, -0.2) is 4.98 Å². The minimum atomic E-state index is 0.00474. The van der Waals surface area contributed by atoms with E-state index in [0.717, 1.165) is 47.0 Å². The summed E-state index contributed by atoms with van der Waals surface area (Å²) in [5.74, 6) is 1.55. The van der Waals surface area contributed by atoms with E-state index >= 15 is 0 Å². The van der Waals surface area contributed by atoms with Gasteiger partial charge in [0.05, 0.1) is 6.04 Å². The Morgan fingerprint density at radius 2 is 2.04 bits per heavy atom. The number of amides is 1. The van der Waals surface area contributed by atoms with E-state index in [4.69, 9.17) is 9.47 Å². The second kappa shape index (κ2) is 6.98. The smallest absolute Gasteiger partial charge is 0.273 e. The van der Waals surface area contributed by atoms with Gasteiger partial charge in [-0.3, -0.25) is 4.79 Å². The van der Waals surface area contributed by atoms with Gasteiger partial charge in [0, 0.05) is 22.9 Å². The Hall–Kier alpha value is -2.38. The second-order valence-electron chi connectivity index (χ2n) is 6.61. The molecule has 1 aromatic carbocycles. The zero-order valence-electron chi connectivity index (χ0n) is 14.6. The first-order chi connectivity index (χ1) is 13.3. The van der Waals surface area contributed by atoms with Gasteiger partial charge in [0.15, 0.2) is 11.5 Å². The standard InChI is InChI=1S/C20H18N2O3S2/c23-20(15-12-27-19(21-15)14-5-9-26-11-14)22-6-1-2-16(22)13-3-4-17-18(10-13)25-8-7-24-17/h3-5,9-12,16H,1-2,6-8H2/t16-/m1/s1. The molecule has 1 atom stereocenters. The lowest BCUT2D eigenvalue weighted by Crippen LogP contribution is -2.30. The van der Waals surface area contributed by atoms with Gasteiger partial charge in [-0.05, 0) is 42.0 Å². The fraction of sp³-hybridized carbons (Fsp3) is 0.300. The molecule has 0 unspecified atom stereocenters. The third kappa shape index (κ3) is 3.11. The van der Waals surface area contributed by atoms with E-state index in [0.29, 0.717) is 18.9 Å². The first kappa shape index (κ1) is 16.8. The maximum absolute atomic E-state index is 13.1. The highest BCUT2D eigenvalue weighted by molar-refractivity contribution is 7.14.